The van der Waals surface area contributed by atoms with E-state index in [4.69, 9.17) is 21.4 Å². The van der Waals surface area contributed by atoms with Crippen molar-refractivity contribution in [3.63, 3.8) is 0 Å². The average Bonchev–Trinajstić information content (AvgIpc) is 2.36. The third-order valence-electron chi connectivity index (χ3n) is 2.18. The molecule has 0 bridgehead atoms. The van der Waals surface area contributed by atoms with Gasteiger partial charge in [0.25, 0.3) is 0 Å². The Kier molecular flexibility index (Phi) is 6.01. The van der Waals surface area contributed by atoms with Crippen molar-refractivity contribution in [2.24, 2.45) is 0 Å². The number of rotatable bonds is 5. The van der Waals surface area contributed by atoms with Gasteiger partial charge in [-0.3, -0.25) is 0 Å². The van der Waals surface area contributed by atoms with Gasteiger partial charge in [0.15, 0.2) is 0 Å². The Morgan fingerprint density at radius 2 is 2.26 bits per heavy atom. The van der Waals surface area contributed by atoms with Gasteiger partial charge in [0, 0.05) is 6.20 Å². The molecule has 19 heavy (non-hydrogen) atoms. The lowest BCUT2D eigenvalue weighted by Gasteiger charge is -2.16. The van der Waals surface area contributed by atoms with Crippen molar-refractivity contribution >= 4 is 23.8 Å². The molecule has 2 amide bonds. The molecule has 0 saturated heterocycles. The Hall–Kier alpha value is -1.89. The molecule has 8 heteroatoms. The standard InChI is InChI=1S/C11H14ClN3O4/c1-2-3-6-19-11(18)15(10(16)17)7-8-4-5-13-9(12)14-8/h4-5H,2-3,6-7H2,1H3,(H,16,17). The van der Waals surface area contributed by atoms with Crippen molar-refractivity contribution in [2.75, 3.05) is 6.61 Å². The van der Waals surface area contributed by atoms with E-state index < -0.39 is 12.2 Å². The molecule has 1 N–H and O–H groups in total. The molecule has 0 aliphatic rings. The van der Waals surface area contributed by atoms with Crippen LogP contribution in [0.3, 0.4) is 0 Å². The molecule has 1 aromatic heterocycles. The fourth-order valence-corrected chi connectivity index (χ4v) is 1.38. The summed E-state index contributed by atoms with van der Waals surface area (Å²) in [6, 6.07) is 1.47. The van der Waals surface area contributed by atoms with E-state index in [0.29, 0.717) is 17.0 Å². The molecule has 7 nitrogen and oxygen atoms in total. The second kappa shape index (κ2) is 7.52. The van der Waals surface area contributed by atoms with E-state index in [1.54, 1.807) is 0 Å². The maximum absolute atomic E-state index is 11.6. The monoisotopic (exact) mass is 287 g/mol. The van der Waals surface area contributed by atoms with E-state index in [1.807, 2.05) is 6.92 Å². The van der Waals surface area contributed by atoms with Crippen LogP contribution in [0.5, 0.6) is 0 Å². The van der Waals surface area contributed by atoms with Crippen LogP contribution in [-0.2, 0) is 11.3 Å². The number of ether oxygens (including phenoxy) is 1. The minimum atomic E-state index is -1.41. The van der Waals surface area contributed by atoms with Crippen LogP contribution in [-0.4, -0.2) is 38.8 Å². The number of carbonyl (C=O) groups is 2. The third kappa shape index (κ3) is 5.09. The molecule has 0 aromatic carbocycles. The lowest BCUT2D eigenvalue weighted by atomic mass is 10.4. The van der Waals surface area contributed by atoms with Crippen molar-refractivity contribution in [3.8, 4) is 0 Å². The molecule has 0 spiro atoms. The molecule has 0 unspecified atom stereocenters. The lowest BCUT2D eigenvalue weighted by molar-refractivity contribution is 0.0907. The van der Waals surface area contributed by atoms with Crippen molar-refractivity contribution in [1.29, 1.82) is 0 Å². The van der Waals surface area contributed by atoms with Gasteiger partial charge in [-0.25, -0.2) is 24.5 Å². The quantitative estimate of drug-likeness (QED) is 0.661. The highest BCUT2D eigenvalue weighted by Crippen LogP contribution is 2.07. The molecular weight excluding hydrogens is 274 g/mol. The smallest absolute Gasteiger partial charge is 0.419 e. The molecule has 104 valence electrons. The number of carboxylic acid groups (broad SMARTS) is 1. The first-order valence-electron chi connectivity index (χ1n) is 5.69. The zero-order chi connectivity index (χ0) is 14.3. The largest absolute Gasteiger partial charge is 0.465 e. The van der Waals surface area contributed by atoms with Crippen molar-refractivity contribution in [3.05, 3.63) is 23.2 Å². The summed E-state index contributed by atoms with van der Waals surface area (Å²) in [6.45, 7) is 1.89. The average molecular weight is 288 g/mol. The number of hydrogen-bond donors (Lipinski definition) is 1. The summed E-state index contributed by atoms with van der Waals surface area (Å²) in [5.41, 5.74) is 0.315. The third-order valence-corrected chi connectivity index (χ3v) is 2.36. The van der Waals surface area contributed by atoms with Crippen LogP contribution >= 0.6 is 11.6 Å². The summed E-state index contributed by atoms with van der Waals surface area (Å²) in [5.74, 6) is 0. The van der Waals surface area contributed by atoms with Gasteiger partial charge in [-0.2, -0.15) is 0 Å². The highest BCUT2D eigenvalue weighted by atomic mass is 35.5. The maximum Gasteiger partial charge on any atom is 0.419 e. The first-order chi connectivity index (χ1) is 9.04. The second-order valence-electron chi connectivity index (χ2n) is 3.65. The molecule has 0 radical (unpaired) electrons. The molecule has 1 rings (SSSR count). The van der Waals surface area contributed by atoms with Gasteiger partial charge in [-0.05, 0) is 24.1 Å². The Balaban J connectivity index is 2.67. The van der Waals surface area contributed by atoms with Gasteiger partial charge in [0.2, 0.25) is 5.28 Å². The summed E-state index contributed by atoms with van der Waals surface area (Å²) < 4.78 is 4.84. The SMILES string of the molecule is CCCCOC(=O)N(Cc1ccnc(Cl)n1)C(=O)O. The normalized spacial score (nSPS) is 10.0. The van der Waals surface area contributed by atoms with E-state index in [-0.39, 0.29) is 18.4 Å². The van der Waals surface area contributed by atoms with Crippen LogP contribution < -0.4 is 0 Å². The predicted molar refractivity (Wildman–Crippen MR) is 66.9 cm³/mol. The number of unbranched alkanes of at least 4 members (excludes halogenated alkanes) is 1. The Morgan fingerprint density at radius 3 is 2.84 bits per heavy atom. The van der Waals surface area contributed by atoms with Gasteiger partial charge in [0.1, 0.15) is 0 Å². The number of halogens is 1. The highest BCUT2D eigenvalue weighted by molar-refractivity contribution is 6.28. The Bertz CT molecular complexity index is 455. The number of hydrogen-bond acceptors (Lipinski definition) is 5. The molecule has 0 saturated carbocycles. The molecule has 0 aliphatic carbocycles. The first kappa shape index (κ1) is 15.2. The van der Waals surface area contributed by atoms with Crippen LogP contribution in [0.2, 0.25) is 5.28 Å². The zero-order valence-corrected chi connectivity index (χ0v) is 11.1. The summed E-state index contributed by atoms with van der Waals surface area (Å²) in [5, 5.41) is 8.97. The number of carbonyl (C=O) groups excluding carboxylic acids is 1. The van der Waals surface area contributed by atoms with E-state index in [1.165, 1.54) is 12.3 Å². The van der Waals surface area contributed by atoms with Gasteiger partial charge in [-0.1, -0.05) is 13.3 Å². The van der Waals surface area contributed by atoms with Crippen LogP contribution in [0.4, 0.5) is 9.59 Å². The summed E-state index contributed by atoms with van der Waals surface area (Å²) in [6.07, 6.45) is 0.583. The Morgan fingerprint density at radius 1 is 1.53 bits per heavy atom. The zero-order valence-electron chi connectivity index (χ0n) is 10.4. The molecular formula is C11H14ClN3O4. The number of nitrogens with zero attached hydrogens (tertiary/aromatic N) is 3. The van der Waals surface area contributed by atoms with Crippen LogP contribution in [0.1, 0.15) is 25.5 Å². The van der Waals surface area contributed by atoms with Crippen LogP contribution in [0.15, 0.2) is 12.3 Å². The van der Waals surface area contributed by atoms with Gasteiger partial charge in [-0.15, -0.1) is 0 Å². The lowest BCUT2D eigenvalue weighted by Crippen LogP contribution is -2.36. The topological polar surface area (TPSA) is 92.6 Å². The number of imide groups is 1. The van der Waals surface area contributed by atoms with Crippen molar-refractivity contribution in [1.82, 2.24) is 14.9 Å². The minimum absolute atomic E-state index is 0.0119. The summed E-state index contributed by atoms with van der Waals surface area (Å²) in [4.78, 5) is 30.6. The van der Waals surface area contributed by atoms with Crippen LogP contribution in [0.25, 0.3) is 0 Å². The first-order valence-corrected chi connectivity index (χ1v) is 6.07. The fraction of sp³-hybridized carbons (Fsp3) is 0.455. The van der Waals surface area contributed by atoms with E-state index in [9.17, 15) is 9.59 Å². The fourth-order valence-electron chi connectivity index (χ4n) is 1.21. The second-order valence-corrected chi connectivity index (χ2v) is 3.99. The van der Waals surface area contributed by atoms with E-state index >= 15 is 0 Å². The molecule has 0 fully saturated rings. The summed E-state index contributed by atoms with van der Waals surface area (Å²) >= 11 is 5.59. The molecule has 1 aromatic rings. The summed E-state index contributed by atoms with van der Waals surface area (Å²) in [7, 11) is 0. The van der Waals surface area contributed by atoms with Gasteiger partial charge >= 0.3 is 12.2 Å². The number of amides is 2. The molecule has 0 aliphatic heterocycles. The highest BCUT2D eigenvalue weighted by Gasteiger charge is 2.23. The number of aromatic nitrogens is 2. The van der Waals surface area contributed by atoms with E-state index in [0.717, 1.165) is 6.42 Å². The van der Waals surface area contributed by atoms with Gasteiger partial charge in [0.05, 0.1) is 18.8 Å². The maximum atomic E-state index is 11.6. The minimum Gasteiger partial charge on any atom is -0.465 e. The predicted octanol–water partition coefficient (Wildman–Crippen LogP) is 2.55. The van der Waals surface area contributed by atoms with Gasteiger partial charge < -0.3 is 9.84 Å². The van der Waals surface area contributed by atoms with E-state index in [2.05, 4.69) is 9.97 Å². The van der Waals surface area contributed by atoms with Crippen LogP contribution in [0, 0.1) is 0 Å². The van der Waals surface area contributed by atoms with Crippen molar-refractivity contribution < 1.29 is 19.4 Å². The van der Waals surface area contributed by atoms with Crippen molar-refractivity contribution in [2.45, 2.75) is 26.3 Å². The Labute approximate surface area is 115 Å². The molecule has 0 atom stereocenters. The molecule has 1 heterocycles.